The van der Waals surface area contributed by atoms with Crippen molar-refractivity contribution >= 4 is 35.0 Å². The lowest BCUT2D eigenvalue weighted by Gasteiger charge is -2.60. The van der Waals surface area contributed by atoms with Crippen LogP contribution in [0.3, 0.4) is 0 Å². The van der Waals surface area contributed by atoms with Gasteiger partial charge in [-0.1, -0.05) is 18.2 Å². The average molecular weight is 413 g/mol. The summed E-state index contributed by atoms with van der Waals surface area (Å²) in [5.41, 5.74) is 3.45. The number of benzene rings is 1. The van der Waals surface area contributed by atoms with Gasteiger partial charge in [-0.15, -0.1) is 12.4 Å². The van der Waals surface area contributed by atoms with Crippen LogP contribution in [0.4, 0.5) is 5.95 Å². The zero-order valence-corrected chi connectivity index (χ0v) is 16.5. The van der Waals surface area contributed by atoms with Crippen LogP contribution in [0.2, 0.25) is 0 Å². The second-order valence-electron chi connectivity index (χ2n) is 7.73. The molecule has 1 spiro atoms. The Hall–Kier alpha value is -2.81. The number of carbonyl (C=O) groups is 1. The Morgan fingerprint density at radius 2 is 1.86 bits per heavy atom. The lowest BCUT2D eigenvalue weighted by Crippen LogP contribution is -2.72. The monoisotopic (exact) mass is 412 g/mol. The van der Waals surface area contributed by atoms with Crippen LogP contribution in [-0.2, 0) is 6.54 Å². The van der Waals surface area contributed by atoms with Crippen LogP contribution in [0.1, 0.15) is 15.9 Å². The van der Waals surface area contributed by atoms with Crippen molar-refractivity contribution in [3.8, 4) is 0 Å². The fraction of sp³-hybridized carbons (Fsp3) is 0.300. The van der Waals surface area contributed by atoms with Gasteiger partial charge in [-0.3, -0.25) is 19.9 Å². The van der Waals surface area contributed by atoms with Crippen molar-refractivity contribution in [2.45, 2.75) is 6.54 Å². The van der Waals surface area contributed by atoms with Crippen LogP contribution in [0, 0.1) is 5.41 Å². The molecular formula is C20H21ClN6O2. The summed E-state index contributed by atoms with van der Waals surface area (Å²) in [6.45, 7) is 4.90. The number of aromatic nitrogens is 3. The summed E-state index contributed by atoms with van der Waals surface area (Å²) in [4.78, 5) is 28.7. The quantitative estimate of drug-likeness (QED) is 0.499. The lowest BCUT2D eigenvalue weighted by molar-refractivity contribution is -0.0278. The Balaban J connectivity index is 0.00000205. The molecule has 29 heavy (non-hydrogen) atoms. The molecule has 0 unspecified atom stereocenters. The molecule has 2 aliphatic rings. The number of halogens is 1. The van der Waals surface area contributed by atoms with Crippen molar-refractivity contribution < 1.29 is 10.0 Å². The molecule has 0 bridgehead atoms. The first-order valence-corrected chi connectivity index (χ1v) is 9.21. The smallest absolute Gasteiger partial charge is 0.277 e. The molecule has 3 aromatic rings. The molecule has 150 valence electrons. The summed E-state index contributed by atoms with van der Waals surface area (Å²) < 4.78 is 0. The SMILES string of the molecule is Cl.O=C(NO)c1cnc(N2CC3(CN(Cc4cccc5ccncc45)C3)C2)nc1. The van der Waals surface area contributed by atoms with Crippen LogP contribution in [0.25, 0.3) is 10.8 Å². The maximum absolute atomic E-state index is 11.3. The minimum absolute atomic E-state index is 0. The van der Waals surface area contributed by atoms with Gasteiger partial charge >= 0.3 is 0 Å². The van der Waals surface area contributed by atoms with Crippen molar-refractivity contribution in [3.63, 3.8) is 0 Å². The maximum Gasteiger partial charge on any atom is 0.277 e. The molecule has 5 rings (SSSR count). The average Bonchev–Trinajstić information content (AvgIpc) is 2.68. The number of nitrogens with one attached hydrogen (secondary N) is 1. The van der Waals surface area contributed by atoms with Gasteiger partial charge in [0, 0.05) is 68.3 Å². The predicted molar refractivity (Wildman–Crippen MR) is 110 cm³/mol. The molecule has 0 atom stereocenters. The van der Waals surface area contributed by atoms with Gasteiger partial charge in [-0.2, -0.15) is 0 Å². The number of carbonyl (C=O) groups excluding carboxylic acids is 1. The second-order valence-corrected chi connectivity index (χ2v) is 7.73. The Kier molecular flexibility index (Phi) is 5.08. The summed E-state index contributed by atoms with van der Waals surface area (Å²) in [5.74, 6) is 0.0172. The summed E-state index contributed by atoms with van der Waals surface area (Å²) in [5, 5.41) is 11.1. The molecule has 4 heterocycles. The third-order valence-electron chi connectivity index (χ3n) is 5.62. The molecule has 2 N–H and O–H groups in total. The van der Waals surface area contributed by atoms with E-state index >= 15 is 0 Å². The number of rotatable bonds is 4. The Bertz CT molecular complexity index is 1030. The summed E-state index contributed by atoms with van der Waals surface area (Å²) in [6.07, 6.45) is 6.64. The molecule has 1 amide bonds. The van der Waals surface area contributed by atoms with Crippen LogP contribution in [0.5, 0.6) is 0 Å². The predicted octanol–water partition coefficient (Wildman–Crippen LogP) is 1.89. The number of hydrogen-bond donors (Lipinski definition) is 2. The van der Waals surface area contributed by atoms with E-state index in [1.54, 1.807) is 5.48 Å². The zero-order chi connectivity index (χ0) is 19.1. The van der Waals surface area contributed by atoms with Gasteiger partial charge in [0.15, 0.2) is 0 Å². The largest absolute Gasteiger partial charge is 0.339 e. The number of likely N-dealkylation sites (tertiary alicyclic amines) is 1. The first kappa shape index (κ1) is 19.5. The van der Waals surface area contributed by atoms with Crippen LogP contribution in [-0.4, -0.2) is 57.1 Å². The van der Waals surface area contributed by atoms with Gasteiger partial charge in [0.05, 0.1) is 5.56 Å². The standard InChI is InChI=1S/C20H20N6O2.ClH/c27-18(24-28)16-6-22-19(23-7-16)26-12-20(13-26)10-25(11-20)9-15-3-1-2-14-4-5-21-8-17(14)15;/h1-8,28H,9-13H2,(H,24,27);1H. The van der Waals surface area contributed by atoms with Gasteiger partial charge < -0.3 is 4.90 Å². The highest BCUT2D eigenvalue weighted by atomic mass is 35.5. The van der Waals surface area contributed by atoms with E-state index in [-0.39, 0.29) is 18.0 Å². The third-order valence-corrected chi connectivity index (χ3v) is 5.62. The number of pyridine rings is 1. The number of nitrogens with zero attached hydrogens (tertiary/aromatic N) is 5. The molecule has 0 radical (unpaired) electrons. The minimum atomic E-state index is -0.607. The van der Waals surface area contributed by atoms with Gasteiger partial charge in [-0.05, 0) is 17.0 Å². The fourth-order valence-electron chi connectivity index (χ4n) is 4.34. The Morgan fingerprint density at radius 3 is 2.59 bits per heavy atom. The van der Waals surface area contributed by atoms with E-state index in [0.29, 0.717) is 11.4 Å². The molecular weight excluding hydrogens is 392 g/mol. The van der Waals surface area contributed by atoms with Crippen molar-refractivity contribution in [3.05, 3.63) is 60.2 Å². The highest BCUT2D eigenvalue weighted by Gasteiger charge is 2.52. The zero-order valence-electron chi connectivity index (χ0n) is 15.7. The molecule has 0 aliphatic carbocycles. The lowest BCUT2D eigenvalue weighted by atomic mass is 9.73. The molecule has 0 saturated carbocycles. The minimum Gasteiger partial charge on any atom is -0.339 e. The summed E-state index contributed by atoms with van der Waals surface area (Å²) in [6, 6.07) is 8.46. The van der Waals surface area contributed by atoms with Gasteiger partial charge in [-0.25, -0.2) is 15.4 Å². The third kappa shape index (κ3) is 3.50. The normalized spacial score (nSPS) is 17.3. The molecule has 2 aliphatic heterocycles. The summed E-state index contributed by atoms with van der Waals surface area (Å²) >= 11 is 0. The van der Waals surface area contributed by atoms with E-state index in [9.17, 15) is 4.79 Å². The first-order chi connectivity index (χ1) is 13.7. The summed E-state index contributed by atoms with van der Waals surface area (Å²) in [7, 11) is 0. The number of hydrogen-bond acceptors (Lipinski definition) is 7. The molecule has 2 fully saturated rings. The highest BCUT2D eigenvalue weighted by Crippen LogP contribution is 2.41. The number of anilines is 1. The first-order valence-electron chi connectivity index (χ1n) is 9.21. The van der Waals surface area contributed by atoms with E-state index in [1.165, 1.54) is 28.7 Å². The Labute approximate surface area is 174 Å². The molecule has 2 saturated heterocycles. The Morgan fingerprint density at radius 1 is 1.10 bits per heavy atom. The van der Waals surface area contributed by atoms with E-state index in [4.69, 9.17) is 5.21 Å². The van der Waals surface area contributed by atoms with E-state index in [1.807, 2.05) is 12.4 Å². The van der Waals surface area contributed by atoms with E-state index < -0.39 is 5.91 Å². The van der Waals surface area contributed by atoms with E-state index in [2.05, 4.69) is 49.0 Å². The van der Waals surface area contributed by atoms with Gasteiger partial charge in [0.1, 0.15) is 0 Å². The fourth-order valence-corrected chi connectivity index (χ4v) is 4.34. The number of fused-ring (bicyclic) bond motifs is 1. The molecule has 9 heteroatoms. The number of hydroxylamine groups is 1. The van der Waals surface area contributed by atoms with Gasteiger partial charge in [0.2, 0.25) is 5.95 Å². The van der Waals surface area contributed by atoms with E-state index in [0.717, 1.165) is 32.7 Å². The van der Waals surface area contributed by atoms with Gasteiger partial charge in [0.25, 0.3) is 5.91 Å². The van der Waals surface area contributed by atoms with Crippen molar-refractivity contribution in [2.75, 3.05) is 31.1 Å². The van der Waals surface area contributed by atoms with Crippen LogP contribution in [0.15, 0.2) is 49.1 Å². The molecule has 8 nitrogen and oxygen atoms in total. The highest BCUT2D eigenvalue weighted by molar-refractivity contribution is 5.92. The maximum atomic E-state index is 11.3. The van der Waals surface area contributed by atoms with Crippen molar-refractivity contribution in [2.24, 2.45) is 5.41 Å². The van der Waals surface area contributed by atoms with Crippen molar-refractivity contribution in [1.82, 2.24) is 25.3 Å². The number of amides is 1. The van der Waals surface area contributed by atoms with Crippen LogP contribution >= 0.6 is 12.4 Å². The molecule has 2 aromatic heterocycles. The van der Waals surface area contributed by atoms with Crippen LogP contribution < -0.4 is 10.4 Å². The topological polar surface area (TPSA) is 94.5 Å². The molecule has 1 aromatic carbocycles. The second kappa shape index (κ2) is 7.55. The van der Waals surface area contributed by atoms with Crippen molar-refractivity contribution in [1.29, 1.82) is 0 Å².